The zero-order valence-corrected chi connectivity index (χ0v) is 12.4. The number of hydrogen-bond donors (Lipinski definition) is 0. The van der Waals surface area contributed by atoms with Crippen LogP contribution >= 0.6 is 22.7 Å². The van der Waals surface area contributed by atoms with E-state index in [0.29, 0.717) is 16.4 Å². The maximum Gasteiger partial charge on any atom is 0.304 e. The third kappa shape index (κ3) is 2.23. The van der Waals surface area contributed by atoms with Gasteiger partial charge in [-0.25, -0.2) is 0 Å². The lowest BCUT2D eigenvalue weighted by Gasteiger charge is -2.26. The van der Waals surface area contributed by atoms with Gasteiger partial charge >= 0.3 is 5.69 Å². The maximum atomic E-state index is 11.4. The Morgan fingerprint density at radius 3 is 3.00 bits per heavy atom. The van der Waals surface area contributed by atoms with Crippen LogP contribution < -0.4 is 4.90 Å². The van der Waals surface area contributed by atoms with Gasteiger partial charge in [0, 0.05) is 24.0 Å². The first-order valence-electron chi connectivity index (χ1n) is 6.15. The molecule has 0 amide bonds. The first-order valence-corrected chi connectivity index (χ1v) is 7.85. The molecule has 2 aromatic heterocycles. The second-order valence-corrected chi connectivity index (χ2v) is 6.69. The van der Waals surface area contributed by atoms with E-state index in [1.807, 2.05) is 4.90 Å². The van der Waals surface area contributed by atoms with Gasteiger partial charge in [-0.15, -0.1) is 22.7 Å². The number of thiophene rings is 2. The molecule has 0 atom stereocenters. The third-order valence-corrected chi connectivity index (χ3v) is 5.64. The molecule has 20 heavy (non-hydrogen) atoms. The van der Waals surface area contributed by atoms with Gasteiger partial charge in [0.1, 0.15) is 0 Å². The van der Waals surface area contributed by atoms with Gasteiger partial charge in [-0.2, -0.15) is 0 Å². The second kappa shape index (κ2) is 4.99. The normalized spacial score (nSPS) is 14.2. The van der Waals surface area contributed by atoms with E-state index in [2.05, 4.69) is 11.4 Å². The van der Waals surface area contributed by atoms with Gasteiger partial charge in [0.2, 0.25) is 0 Å². The van der Waals surface area contributed by atoms with Gasteiger partial charge in [-0.1, -0.05) is 0 Å². The highest BCUT2D eigenvalue weighted by atomic mass is 32.1. The minimum absolute atomic E-state index is 0.0406. The average Bonchev–Trinajstić information content (AvgIpc) is 3.04. The minimum atomic E-state index is -0.401. The highest BCUT2D eigenvalue weighted by Crippen LogP contribution is 2.40. The fraction of sp³-hybridized carbons (Fsp3) is 0.308. The summed E-state index contributed by atoms with van der Waals surface area (Å²) in [5, 5.41) is 13.8. The standard InChI is InChI=1S/C13H12N2O3S2/c1-8(16)12-6-10(15(17)18)13(20-12)14-4-2-11-9(7-14)3-5-19-11/h3,5-6H,2,4,7H2,1H3. The van der Waals surface area contributed by atoms with E-state index in [0.717, 1.165) is 13.0 Å². The van der Waals surface area contributed by atoms with Gasteiger partial charge in [0.25, 0.3) is 0 Å². The smallest absolute Gasteiger partial charge is 0.304 e. The van der Waals surface area contributed by atoms with E-state index in [1.54, 1.807) is 11.3 Å². The Morgan fingerprint density at radius 1 is 1.50 bits per heavy atom. The monoisotopic (exact) mass is 308 g/mol. The highest BCUT2D eigenvalue weighted by molar-refractivity contribution is 7.18. The van der Waals surface area contributed by atoms with Crippen LogP contribution in [-0.2, 0) is 13.0 Å². The summed E-state index contributed by atoms with van der Waals surface area (Å²) in [5.41, 5.74) is 1.27. The van der Waals surface area contributed by atoms with Gasteiger partial charge in [0.05, 0.1) is 9.80 Å². The minimum Gasteiger partial charge on any atom is -0.353 e. The summed E-state index contributed by atoms with van der Waals surface area (Å²) >= 11 is 2.95. The average molecular weight is 308 g/mol. The SMILES string of the molecule is CC(=O)c1cc([N+](=O)[O-])c(N2CCc3sccc3C2)s1. The summed E-state index contributed by atoms with van der Waals surface area (Å²) in [5.74, 6) is -0.127. The molecule has 7 heteroatoms. The molecule has 0 aliphatic carbocycles. The van der Waals surface area contributed by atoms with Crippen molar-refractivity contribution in [2.45, 2.75) is 19.9 Å². The van der Waals surface area contributed by atoms with E-state index in [9.17, 15) is 14.9 Å². The molecule has 1 aliphatic heterocycles. The summed E-state index contributed by atoms with van der Waals surface area (Å²) in [6.45, 7) is 2.87. The number of Topliss-reactive ketones (excluding diaryl/α,β-unsaturated/α-hetero) is 1. The fourth-order valence-corrected chi connectivity index (χ4v) is 4.26. The Kier molecular flexibility index (Phi) is 3.31. The van der Waals surface area contributed by atoms with Crippen molar-refractivity contribution in [1.82, 2.24) is 0 Å². The molecule has 0 fully saturated rings. The largest absolute Gasteiger partial charge is 0.353 e. The quantitative estimate of drug-likeness (QED) is 0.495. The predicted molar refractivity (Wildman–Crippen MR) is 80.1 cm³/mol. The van der Waals surface area contributed by atoms with E-state index >= 15 is 0 Å². The van der Waals surface area contributed by atoms with Crippen LogP contribution in [0.25, 0.3) is 0 Å². The topological polar surface area (TPSA) is 63.4 Å². The second-order valence-electron chi connectivity index (χ2n) is 4.65. The number of nitro groups is 1. The van der Waals surface area contributed by atoms with Crippen molar-refractivity contribution in [3.8, 4) is 0 Å². The molecular weight excluding hydrogens is 296 g/mol. The van der Waals surface area contributed by atoms with E-state index in [1.165, 1.54) is 34.8 Å². The lowest BCUT2D eigenvalue weighted by Crippen LogP contribution is -2.29. The molecule has 0 spiro atoms. The molecule has 0 saturated heterocycles. The van der Waals surface area contributed by atoms with Crippen LogP contribution in [0, 0.1) is 10.1 Å². The van der Waals surface area contributed by atoms with Gasteiger partial charge in [0.15, 0.2) is 10.8 Å². The Labute approximate surface area is 123 Å². The van der Waals surface area contributed by atoms with Crippen LogP contribution in [0.2, 0.25) is 0 Å². The molecule has 1 aliphatic rings. The first-order chi connectivity index (χ1) is 9.56. The highest BCUT2D eigenvalue weighted by Gasteiger charge is 2.28. The third-order valence-electron chi connectivity index (χ3n) is 3.33. The van der Waals surface area contributed by atoms with Crippen molar-refractivity contribution in [2.75, 3.05) is 11.4 Å². The van der Waals surface area contributed by atoms with Crippen molar-refractivity contribution in [3.63, 3.8) is 0 Å². The number of nitrogens with zero attached hydrogens (tertiary/aromatic N) is 2. The molecule has 0 radical (unpaired) electrons. The zero-order chi connectivity index (χ0) is 14.3. The predicted octanol–water partition coefficient (Wildman–Crippen LogP) is 3.48. The zero-order valence-electron chi connectivity index (χ0n) is 10.8. The van der Waals surface area contributed by atoms with E-state index in [4.69, 9.17) is 0 Å². The fourth-order valence-electron chi connectivity index (χ4n) is 2.32. The van der Waals surface area contributed by atoms with Crippen molar-refractivity contribution in [2.24, 2.45) is 0 Å². The first kappa shape index (κ1) is 13.3. The van der Waals surface area contributed by atoms with Crippen molar-refractivity contribution in [3.05, 3.63) is 42.9 Å². The number of rotatable bonds is 3. The van der Waals surface area contributed by atoms with Gasteiger partial charge in [-0.3, -0.25) is 14.9 Å². The molecule has 3 rings (SSSR count). The number of carbonyl (C=O) groups is 1. The van der Waals surface area contributed by atoms with Gasteiger partial charge < -0.3 is 4.90 Å². The number of fused-ring (bicyclic) bond motifs is 1. The molecular formula is C13H12N2O3S2. The van der Waals surface area contributed by atoms with Crippen LogP contribution in [0.5, 0.6) is 0 Å². The lowest BCUT2D eigenvalue weighted by atomic mass is 10.1. The van der Waals surface area contributed by atoms with Crippen LogP contribution in [-0.4, -0.2) is 17.3 Å². The van der Waals surface area contributed by atoms with Crippen LogP contribution in [0.15, 0.2) is 17.5 Å². The van der Waals surface area contributed by atoms with Crippen LogP contribution in [0.1, 0.15) is 27.0 Å². The molecule has 0 aromatic carbocycles. The molecule has 5 nitrogen and oxygen atoms in total. The molecule has 0 bridgehead atoms. The lowest BCUT2D eigenvalue weighted by molar-refractivity contribution is -0.383. The van der Waals surface area contributed by atoms with Crippen LogP contribution in [0.3, 0.4) is 0 Å². The van der Waals surface area contributed by atoms with Crippen LogP contribution in [0.4, 0.5) is 10.7 Å². The molecule has 0 unspecified atom stereocenters. The molecule has 104 valence electrons. The summed E-state index contributed by atoms with van der Waals surface area (Å²) < 4.78 is 0. The number of carbonyl (C=O) groups excluding carboxylic acids is 1. The van der Waals surface area contributed by atoms with Crippen molar-refractivity contribution < 1.29 is 9.72 Å². The Bertz CT molecular complexity index is 690. The van der Waals surface area contributed by atoms with E-state index in [-0.39, 0.29) is 11.5 Å². The Morgan fingerprint density at radius 2 is 2.30 bits per heavy atom. The van der Waals surface area contributed by atoms with E-state index < -0.39 is 4.92 Å². The number of anilines is 1. The van der Waals surface area contributed by atoms with Gasteiger partial charge in [-0.05, 0) is 30.4 Å². The summed E-state index contributed by atoms with van der Waals surface area (Å²) in [4.78, 5) is 26.0. The Hall–Kier alpha value is -1.73. The number of hydrogen-bond acceptors (Lipinski definition) is 6. The molecule has 0 saturated carbocycles. The molecule has 0 N–H and O–H groups in total. The molecule has 3 heterocycles. The summed E-state index contributed by atoms with van der Waals surface area (Å²) in [6.07, 6.45) is 0.900. The summed E-state index contributed by atoms with van der Waals surface area (Å²) in [6, 6.07) is 3.46. The number of ketones is 1. The van der Waals surface area contributed by atoms with Crippen molar-refractivity contribution >= 4 is 39.1 Å². The Balaban J connectivity index is 1.98. The molecule has 2 aromatic rings. The van der Waals surface area contributed by atoms with Crippen molar-refractivity contribution in [1.29, 1.82) is 0 Å². The maximum absolute atomic E-state index is 11.4. The summed E-state index contributed by atoms with van der Waals surface area (Å²) in [7, 11) is 0.